The summed E-state index contributed by atoms with van der Waals surface area (Å²) in [7, 11) is 0. The van der Waals surface area contributed by atoms with Crippen LogP contribution in [0.1, 0.15) is 379 Å². The third kappa shape index (κ3) is 17.6. The maximum Gasteiger partial charge on any atom is 0.155 e. The first-order chi connectivity index (χ1) is 63.9. The van der Waals surface area contributed by atoms with Gasteiger partial charge in [0.05, 0.1) is 55.4 Å². The molecule has 27 unspecified atom stereocenters. The van der Waals surface area contributed by atoms with E-state index in [0.29, 0.717) is 97.9 Å². The maximum atomic E-state index is 12.4. The highest BCUT2D eigenvalue weighted by molar-refractivity contribution is 5.93. The molecule has 11 heteroatoms. The van der Waals surface area contributed by atoms with Crippen molar-refractivity contribution in [2.24, 2.45) is 192 Å². The van der Waals surface area contributed by atoms with E-state index in [-0.39, 0.29) is 29.1 Å². The van der Waals surface area contributed by atoms with Crippen LogP contribution in [0.3, 0.4) is 0 Å². The highest BCUT2D eigenvalue weighted by Crippen LogP contribution is 2.71. The predicted octanol–water partition coefficient (Wildman–Crippen LogP) is 27.7. The zero-order valence-electron chi connectivity index (χ0n) is 85.1. The van der Waals surface area contributed by atoms with E-state index in [0.717, 1.165) is 248 Å². The lowest BCUT2D eigenvalue weighted by Crippen LogP contribution is -2.47. The van der Waals surface area contributed by atoms with Crippen molar-refractivity contribution in [3.63, 3.8) is 0 Å². The number of Topliss-reactive ketones (excluding diaryl/α,β-unsaturated/α-hetero) is 2. The average molecular weight is 1820 g/mol. The first kappa shape index (κ1) is 96.9. The lowest BCUT2D eigenvalue weighted by molar-refractivity contribution is -0.131. The van der Waals surface area contributed by atoms with Gasteiger partial charge in [0.1, 0.15) is 11.6 Å². The van der Waals surface area contributed by atoms with E-state index in [1.165, 1.54) is 213 Å². The van der Waals surface area contributed by atoms with E-state index in [9.17, 15) is 39.3 Å². The van der Waals surface area contributed by atoms with Gasteiger partial charge in [-0.15, -0.1) is 0 Å². The third-order valence-electron chi connectivity index (χ3n) is 45.7. The maximum absolute atomic E-state index is 12.4. The Labute approximate surface area is 803 Å². The van der Waals surface area contributed by atoms with E-state index >= 15 is 0 Å². The van der Waals surface area contributed by atoms with Gasteiger partial charge < -0.3 is 29.5 Å². The average Bonchev–Trinajstić information content (AvgIpc) is 1.72. The summed E-state index contributed by atoms with van der Waals surface area (Å²) in [6.07, 6.45) is 76.1. The standard InChI is InChI=1S/C22H34O2.C22H32O.2C20H30O2.C20H28O2.C18H24O2/c1-4-24-16-6-8-17-15(13-16)5-7-19-18(17)11-12-22(3)20(14(2)23)9-10-21(19)22;1-4-16-7-11-21-20-9-6-15-14-17(23-5-2)8-10-18(15)19(20)12-13-22(16,21)3;2*1-12(21)18-7-8-19-17-5-3-13-11-14(22)4-6-15(13)16(17)9-10-20(18,19)2;1-3-22-14-5-7-15-13(12-14)4-6-17-16(15)10-11-20(2)18(17)8-9-19(20)21;1-18-9-8-14-13-5-3-12(19)10-11(13)2-4-15(14)16(18)6-7-17(18)20/h5,13-14,17-21,23H,4,6-12H2,1-3H3;4,6,14,18-21H,5,7-13H2,1-3H3;2*11-12,15-19,21H,3-10H2,1-2H3;4,12,15-18H,3,5-11H2,1-2H3;10,13-16H,2-9H2,1H3/b;16-4+;;;;/t14?,17?,18?,19?,20-,21?,22-;18?,19?,20?,21?,22-;2*12?,15?,16?,17?,18-,19?,20-;15?,16?,17?,18?,20-;13?,14?,15?,16?,18-/m000011/s1. The number of fused-ring (bicyclic) bond motifs is 30. The summed E-state index contributed by atoms with van der Waals surface area (Å²) in [5.74, 6) is 26.3. The van der Waals surface area contributed by atoms with Gasteiger partial charge in [-0.3, -0.25) is 24.0 Å². The van der Waals surface area contributed by atoms with Gasteiger partial charge in [-0.2, -0.15) is 0 Å². The van der Waals surface area contributed by atoms with Crippen LogP contribution in [0.25, 0.3) is 0 Å². The summed E-state index contributed by atoms with van der Waals surface area (Å²) in [5.41, 5.74) is 12.5. The molecule has 0 aromatic rings. The van der Waals surface area contributed by atoms with Crippen LogP contribution in [0.15, 0.2) is 117 Å². The van der Waals surface area contributed by atoms with E-state index in [2.05, 4.69) is 112 Å². The molecule has 0 aliphatic heterocycles. The molecule has 24 rings (SSSR count). The Bertz CT molecular complexity index is 4560. The Kier molecular flexibility index (Phi) is 28.5. The summed E-state index contributed by atoms with van der Waals surface area (Å²) in [5, 5.41) is 30.7. The number of ether oxygens (including phenoxy) is 3. The Hall–Kier alpha value is -4.97. The van der Waals surface area contributed by atoms with Crippen molar-refractivity contribution in [2.75, 3.05) is 19.8 Å². The van der Waals surface area contributed by atoms with Crippen LogP contribution in [-0.4, -0.2) is 82.4 Å². The van der Waals surface area contributed by atoms with Crippen LogP contribution >= 0.6 is 0 Å². The molecular formula is C122H178O11. The van der Waals surface area contributed by atoms with Gasteiger partial charge in [-0.25, -0.2) is 0 Å². The van der Waals surface area contributed by atoms with Gasteiger partial charge in [-0.05, 0) is 521 Å². The number of rotatable bonds is 9. The van der Waals surface area contributed by atoms with Crippen LogP contribution < -0.4 is 0 Å². The molecule has 0 saturated heterocycles. The van der Waals surface area contributed by atoms with Gasteiger partial charge >= 0.3 is 0 Å². The summed E-state index contributed by atoms with van der Waals surface area (Å²) in [6, 6.07) is 0. The molecule has 24 aliphatic rings. The lowest BCUT2D eigenvalue weighted by Gasteiger charge is -2.54. The van der Waals surface area contributed by atoms with Crippen molar-refractivity contribution in [1.82, 2.24) is 0 Å². The molecule has 3 N–H and O–H groups in total. The zero-order valence-corrected chi connectivity index (χ0v) is 85.1. The molecule has 15 saturated carbocycles. The van der Waals surface area contributed by atoms with E-state index in [4.69, 9.17) is 14.2 Å². The fourth-order valence-electron chi connectivity index (χ4n) is 39.6. The number of carbonyl (C=O) groups is 5. The minimum Gasteiger partial charge on any atom is -0.498 e. The van der Waals surface area contributed by atoms with Crippen molar-refractivity contribution < 1.29 is 53.5 Å². The molecule has 0 aromatic heterocycles. The van der Waals surface area contributed by atoms with Crippen LogP contribution in [-0.2, 0) is 38.2 Å². The zero-order chi connectivity index (χ0) is 93.1. The first-order valence-electron chi connectivity index (χ1n) is 56.5. The minimum atomic E-state index is -0.155. The van der Waals surface area contributed by atoms with Gasteiger partial charge in [0.2, 0.25) is 0 Å². The second-order valence-corrected chi connectivity index (χ2v) is 50.7. The molecule has 0 spiro atoms. The number of hydrogen-bond donors (Lipinski definition) is 3. The monoisotopic (exact) mass is 1820 g/mol. The smallest absolute Gasteiger partial charge is 0.155 e. The van der Waals surface area contributed by atoms with Gasteiger partial charge in [0.15, 0.2) is 17.3 Å². The molecule has 0 radical (unpaired) electrons. The molecule has 0 heterocycles. The Balaban J connectivity index is 0.000000103. The molecule has 0 bridgehead atoms. The number of hydrogen-bond acceptors (Lipinski definition) is 11. The quantitative estimate of drug-likeness (QED) is 0.188. The third-order valence-corrected chi connectivity index (χ3v) is 45.7. The Morgan fingerprint density at radius 2 is 0.586 bits per heavy atom. The molecule has 11 nitrogen and oxygen atoms in total. The Morgan fingerprint density at radius 1 is 0.301 bits per heavy atom. The van der Waals surface area contributed by atoms with Crippen molar-refractivity contribution in [3.05, 3.63) is 117 Å². The molecule has 0 aromatic carbocycles. The number of aliphatic hydroxyl groups is 3. The second kappa shape index (κ2) is 39.1. The molecule has 732 valence electrons. The molecule has 133 heavy (non-hydrogen) atoms. The molecular weight excluding hydrogens is 1640 g/mol. The van der Waals surface area contributed by atoms with Crippen molar-refractivity contribution in [3.8, 4) is 0 Å². The summed E-state index contributed by atoms with van der Waals surface area (Å²) >= 11 is 0. The van der Waals surface area contributed by atoms with Gasteiger partial charge in [0, 0.05) is 62.2 Å². The molecule has 15 fully saturated rings. The number of allylic oxidation sites excluding steroid dienone is 17. The lowest BCUT2D eigenvalue weighted by atomic mass is 9.51. The molecule has 36 atom stereocenters. The topological polar surface area (TPSA) is 174 Å². The SMILES string of the molecule is C/C=C1\CCC2C3CC=C4C=C(OCC)CCC4C3CC[C@@]12C.CC(O)[C@@H]1CCC2C3CCC4=CC(=O)CCC4C3CC[C@]21C.CC(O)[C@@H]1CCC2C3CCC4=CC(=O)CCC4C3CC[C@]21C.CCOC1=CC2=CCC3C(CC[C@@]4(C)C(=O)CCC34)C2CC1.CCOC1=CC2=CCC3C(CC[C@]4(C)C3CC[C@H]4C(C)O)C2CC1.C[C@@]12CCC3C4CCC(=O)C=C4CCC3C1CCC2=O. The van der Waals surface area contributed by atoms with Crippen LogP contribution in [0.4, 0.5) is 0 Å². The summed E-state index contributed by atoms with van der Waals surface area (Å²) in [6.45, 7) is 31.4. The number of carbonyl (C=O) groups excluding carboxylic acids is 5. The highest BCUT2D eigenvalue weighted by atomic mass is 16.5. The largest absolute Gasteiger partial charge is 0.498 e. The fraction of sp³-hybridized carbons (Fsp3) is 0.795. The van der Waals surface area contributed by atoms with Crippen LogP contribution in [0.5, 0.6) is 0 Å². The number of aliphatic hydroxyl groups excluding tert-OH is 3. The van der Waals surface area contributed by atoms with Crippen LogP contribution in [0.2, 0.25) is 0 Å². The minimum absolute atomic E-state index is 0.00707. The van der Waals surface area contributed by atoms with Crippen LogP contribution in [0, 0.1) is 192 Å². The summed E-state index contributed by atoms with van der Waals surface area (Å²) in [4.78, 5) is 59.7. The highest BCUT2D eigenvalue weighted by Gasteiger charge is 2.64. The number of ketones is 5. The first-order valence-corrected chi connectivity index (χ1v) is 56.5. The normalized spacial score (nSPS) is 46.3. The second-order valence-electron chi connectivity index (χ2n) is 50.7. The Morgan fingerprint density at radius 3 is 0.925 bits per heavy atom. The van der Waals surface area contributed by atoms with E-state index < -0.39 is 0 Å². The van der Waals surface area contributed by atoms with Gasteiger partial charge in [-0.1, -0.05) is 88.1 Å². The van der Waals surface area contributed by atoms with Crippen molar-refractivity contribution in [2.45, 2.75) is 397 Å². The van der Waals surface area contributed by atoms with Gasteiger partial charge in [0.25, 0.3) is 0 Å². The fourth-order valence-corrected chi connectivity index (χ4v) is 39.6. The summed E-state index contributed by atoms with van der Waals surface area (Å²) < 4.78 is 17.3. The van der Waals surface area contributed by atoms with E-state index in [1.54, 1.807) is 16.7 Å². The molecule has 0 amide bonds. The predicted molar refractivity (Wildman–Crippen MR) is 532 cm³/mol. The van der Waals surface area contributed by atoms with Crippen molar-refractivity contribution in [1.29, 1.82) is 0 Å². The van der Waals surface area contributed by atoms with E-state index in [1.807, 2.05) is 39.0 Å². The van der Waals surface area contributed by atoms with Crippen molar-refractivity contribution >= 4 is 28.9 Å². The molecule has 24 aliphatic carbocycles.